The maximum absolute atomic E-state index is 8.33. The van der Waals surface area contributed by atoms with E-state index >= 15 is 0 Å². The Kier molecular flexibility index (Phi) is 16.7. The van der Waals surface area contributed by atoms with Gasteiger partial charge in [0.05, 0.1) is 19.1 Å². The standard InChI is InChI=1S/C9H18NOP.C5H13N/c1-8(2)12(9(3)4)11-7-5-6-10;1-2-3-4-5-6/h8-9H,5,7H2,1-4H3;2-6H2,1H3. The molecule has 2 N–H and O–H groups in total. The van der Waals surface area contributed by atoms with Gasteiger partial charge in [-0.2, -0.15) is 5.26 Å². The van der Waals surface area contributed by atoms with Crippen molar-refractivity contribution in [1.29, 1.82) is 5.26 Å². The van der Waals surface area contributed by atoms with E-state index in [4.69, 9.17) is 15.5 Å². The zero-order valence-electron chi connectivity index (χ0n) is 12.8. The lowest BCUT2D eigenvalue weighted by Crippen LogP contribution is -2.06. The fraction of sp³-hybridized carbons (Fsp3) is 0.929. The van der Waals surface area contributed by atoms with E-state index in [1.165, 1.54) is 19.3 Å². The fourth-order valence-corrected chi connectivity index (χ4v) is 3.58. The van der Waals surface area contributed by atoms with Crippen LogP contribution in [0.25, 0.3) is 0 Å². The van der Waals surface area contributed by atoms with Crippen LogP contribution in [0, 0.1) is 11.3 Å². The van der Waals surface area contributed by atoms with E-state index in [0.717, 1.165) is 6.54 Å². The molecule has 0 bridgehead atoms. The van der Waals surface area contributed by atoms with Crippen LogP contribution in [-0.4, -0.2) is 24.5 Å². The molecule has 0 saturated carbocycles. The Labute approximate surface area is 115 Å². The molecule has 0 atom stereocenters. The number of hydrogen-bond donors (Lipinski definition) is 1. The summed E-state index contributed by atoms with van der Waals surface area (Å²) in [5, 5.41) is 8.33. The van der Waals surface area contributed by atoms with Crippen molar-refractivity contribution < 1.29 is 4.52 Å². The Bertz CT molecular complexity index is 190. The van der Waals surface area contributed by atoms with Crippen molar-refractivity contribution in [1.82, 2.24) is 0 Å². The Morgan fingerprint density at radius 1 is 1.17 bits per heavy atom. The van der Waals surface area contributed by atoms with E-state index in [0.29, 0.717) is 24.3 Å². The summed E-state index contributed by atoms with van der Waals surface area (Å²) in [6, 6.07) is 2.09. The molecule has 18 heavy (non-hydrogen) atoms. The maximum Gasteiger partial charge on any atom is 0.0646 e. The highest BCUT2D eigenvalue weighted by atomic mass is 31.1. The number of nitrogens with two attached hydrogens (primary N) is 1. The van der Waals surface area contributed by atoms with E-state index < -0.39 is 0 Å². The van der Waals surface area contributed by atoms with Crippen LogP contribution >= 0.6 is 8.15 Å². The number of nitriles is 1. The second-order valence-corrected chi connectivity index (χ2v) is 7.83. The summed E-state index contributed by atoms with van der Waals surface area (Å²) < 4.78 is 5.65. The molecule has 0 saturated heterocycles. The number of unbranched alkanes of at least 4 members (excludes halogenated alkanes) is 2. The van der Waals surface area contributed by atoms with Crippen molar-refractivity contribution in [2.75, 3.05) is 13.2 Å². The minimum absolute atomic E-state index is 0.341. The first-order valence-electron chi connectivity index (χ1n) is 6.99. The van der Waals surface area contributed by atoms with Crippen LogP contribution in [0.15, 0.2) is 0 Å². The first kappa shape index (κ1) is 20.2. The molecule has 4 heteroatoms. The van der Waals surface area contributed by atoms with Crippen molar-refractivity contribution in [3.63, 3.8) is 0 Å². The molecule has 0 aliphatic carbocycles. The van der Waals surface area contributed by atoms with Gasteiger partial charge in [-0.1, -0.05) is 47.5 Å². The predicted molar refractivity (Wildman–Crippen MR) is 82.0 cm³/mol. The molecule has 0 aromatic rings. The molecular formula is C14H31N2OP. The second-order valence-electron chi connectivity index (χ2n) is 4.78. The van der Waals surface area contributed by atoms with Crippen molar-refractivity contribution in [2.45, 2.75) is 71.6 Å². The first-order chi connectivity index (χ1) is 8.51. The number of hydrogen-bond acceptors (Lipinski definition) is 3. The van der Waals surface area contributed by atoms with Crippen molar-refractivity contribution in [3.05, 3.63) is 0 Å². The Balaban J connectivity index is 0. The van der Waals surface area contributed by atoms with Gasteiger partial charge < -0.3 is 10.3 Å². The highest BCUT2D eigenvalue weighted by molar-refractivity contribution is 7.54. The van der Waals surface area contributed by atoms with Crippen molar-refractivity contribution in [3.8, 4) is 6.07 Å². The summed E-state index contributed by atoms with van der Waals surface area (Å²) in [7, 11) is -0.341. The predicted octanol–water partition coefficient (Wildman–Crippen LogP) is 4.27. The molecule has 0 spiro atoms. The molecule has 0 aromatic heterocycles. The van der Waals surface area contributed by atoms with Gasteiger partial charge in [0.25, 0.3) is 0 Å². The minimum atomic E-state index is -0.341. The van der Waals surface area contributed by atoms with Gasteiger partial charge in [-0.15, -0.1) is 0 Å². The SMILES string of the molecule is CC(C)P(OCCC#N)C(C)C.CCCCCN. The quantitative estimate of drug-likeness (QED) is 0.531. The van der Waals surface area contributed by atoms with E-state index in [1.54, 1.807) is 0 Å². The van der Waals surface area contributed by atoms with Crippen molar-refractivity contribution in [2.24, 2.45) is 5.73 Å². The van der Waals surface area contributed by atoms with E-state index in [-0.39, 0.29) is 8.15 Å². The van der Waals surface area contributed by atoms with Crippen molar-refractivity contribution >= 4 is 8.15 Å². The summed E-state index contributed by atoms with van der Waals surface area (Å²) >= 11 is 0. The Morgan fingerprint density at radius 2 is 1.72 bits per heavy atom. The molecule has 0 radical (unpaired) electrons. The average molecular weight is 274 g/mol. The molecule has 0 aliphatic heterocycles. The van der Waals surface area contributed by atoms with Crippen LogP contribution < -0.4 is 5.73 Å². The van der Waals surface area contributed by atoms with Gasteiger partial charge >= 0.3 is 0 Å². The van der Waals surface area contributed by atoms with Crippen LogP contribution in [0.3, 0.4) is 0 Å². The van der Waals surface area contributed by atoms with Gasteiger partial charge in [0.1, 0.15) is 0 Å². The first-order valence-corrected chi connectivity index (χ1v) is 8.39. The molecular weight excluding hydrogens is 243 g/mol. The number of nitrogens with zero attached hydrogens (tertiary/aromatic N) is 1. The van der Waals surface area contributed by atoms with Gasteiger partial charge in [-0.3, -0.25) is 0 Å². The zero-order chi connectivity index (χ0) is 14.4. The third kappa shape index (κ3) is 13.9. The summed E-state index contributed by atoms with van der Waals surface area (Å²) in [5.74, 6) is 0. The summed E-state index contributed by atoms with van der Waals surface area (Å²) in [6.07, 6.45) is 4.27. The number of rotatable bonds is 8. The molecule has 0 unspecified atom stereocenters. The molecule has 0 heterocycles. The maximum atomic E-state index is 8.33. The van der Waals surface area contributed by atoms with Crippen LogP contribution in [0.2, 0.25) is 0 Å². The molecule has 0 amide bonds. The Morgan fingerprint density at radius 3 is 2.00 bits per heavy atom. The minimum Gasteiger partial charge on any atom is -0.358 e. The van der Waals surface area contributed by atoms with Gasteiger partial charge in [0, 0.05) is 8.15 Å². The van der Waals surface area contributed by atoms with E-state index in [2.05, 4.69) is 40.7 Å². The third-order valence-electron chi connectivity index (χ3n) is 2.28. The molecule has 0 aliphatic rings. The lowest BCUT2D eigenvalue weighted by atomic mass is 10.3. The fourth-order valence-electron chi connectivity index (χ4n) is 1.49. The lowest BCUT2D eigenvalue weighted by molar-refractivity contribution is 0.354. The highest BCUT2D eigenvalue weighted by Crippen LogP contribution is 2.46. The summed E-state index contributed by atoms with van der Waals surface area (Å²) in [5.41, 5.74) is 6.41. The van der Waals surface area contributed by atoms with E-state index in [9.17, 15) is 0 Å². The average Bonchev–Trinajstić information content (AvgIpc) is 2.32. The zero-order valence-corrected chi connectivity index (χ0v) is 13.7. The Hall–Kier alpha value is -0.160. The monoisotopic (exact) mass is 274 g/mol. The lowest BCUT2D eigenvalue weighted by Gasteiger charge is -2.24. The van der Waals surface area contributed by atoms with Crippen LogP contribution in [0.5, 0.6) is 0 Å². The largest absolute Gasteiger partial charge is 0.358 e. The summed E-state index contributed by atoms with van der Waals surface area (Å²) in [6.45, 7) is 12.3. The normalized spacial score (nSPS) is 10.4. The molecule has 3 nitrogen and oxygen atoms in total. The van der Waals surface area contributed by atoms with Crippen LogP contribution in [-0.2, 0) is 4.52 Å². The van der Waals surface area contributed by atoms with Gasteiger partial charge in [0.2, 0.25) is 0 Å². The van der Waals surface area contributed by atoms with Gasteiger partial charge in [-0.25, -0.2) is 0 Å². The third-order valence-corrected chi connectivity index (χ3v) is 4.80. The van der Waals surface area contributed by atoms with E-state index in [1.807, 2.05) is 0 Å². The molecule has 0 aromatic carbocycles. The highest BCUT2D eigenvalue weighted by Gasteiger charge is 2.17. The van der Waals surface area contributed by atoms with Gasteiger partial charge in [0.15, 0.2) is 0 Å². The second kappa shape index (κ2) is 14.9. The molecule has 0 fully saturated rings. The van der Waals surface area contributed by atoms with Gasteiger partial charge in [-0.05, 0) is 24.3 Å². The molecule has 0 rings (SSSR count). The van der Waals surface area contributed by atoms with Crippen LogP contribution in [0.1, 0.15) is 60.3 Å². The van der Waals surface area contributed by atoms with Crippen LogP contribution in [0.4, 0.5) is 0 Å². The summed E-state index contributed by atoms with van der Waals surface area (Å²) in [4.78, 5) is 0. The smallest absolute Gasteiger partial charge is 0.0646 e. The topological polar surface area (TPSA) is 59.0 Å². The molecule has 108 valence electrons.